The van der Waals surface area contributed by atoms with Gasteiger partial charge in [-0.1, -0.05) is 19.3 Å². The predicted molar refractivity (Wildman–Crippen MR) is 128 cm³/mol. The van der Waals surface area contributed by atoms with E-state index in [0.29, 0.717) is 37.2 Å². The number of benzene rings is 1. The van der Waals surface area contributed by atoms with Crippen LogP contribution in [0.1, 0.15) is 49.1 Å². The number of nitrogens with zero attached hydrogens (tertiary/aromatic N) is 1. The third-order valence-corrected chi connectivity index (χ3v) is 6.75. The van der Waals surface area contributed by atoms with Crippen molar-refractivity contribution in [2.24, 2.45) is 0 Å². The van der Waals surface area contributed by atoms with Crippen LogP contribution < -0.4 is 20.3 Å². The number of aliphatic hydroxyl groups excluding tert-OH is 1. The summed E-state index contributed by atoms with van der Waals surface area (Å²) >= 11 is 4.05. The standard InChI is InChI=1S/C24H30FN3O5S/c25-16-6-7-18(21(13-16)33-15-34)28-11-8-17(19(29)14-28)26-23(31)24(9-2-1-3-10-24)27-22(30)20-5-4-12-32-20/h4-7,12-13,17,19,29,34H,1-3,8-11,14-15H2,(H,26,31)(H,27,30). The van der Waals surface area contributed by atoms with Crippen LogP contribution in [0.25, 0.3) is 0 Å². The Bertz CT molecular complexity index is 996. The number of hydrogen-bond acceptors (Lipinski definition) is 7. The van der Waals surface area contributed by atoms with Gasteiger partial charge in [0.25, 0.3) is 5.91 Å². The summed E-state index contributed by atoms with van der Waals surface area (Å²) in [5, 5.41) is 16.7. The molecular weight excluding hydrogens is 461 g/mol. The number of ether oxygens (including phenoxy) is 1. The molecular formula is C24H30FN3O5S. The van der Waals surface area contributed by atoms with E-state index < -0.39 is 29.4 Å². The molecule has 184 valence electrons. The minimum absolute atomic E-state index is 0.0946. The maximum atomic E-state index is 13.7. The molecule has 2 fully saturated rings. The fourth-order valence-electron chi connectivity index (χ4n) is 4.81. The van der Waals surface area contributed by atoms with Crippen molar-refractivity contribution in [1.82, 2.24) is 10.6 Å². The summed E-state index contributed by atoms with van der Waals surface area (Å²) in [6.45, 7) is 0.771. The molecule has 2 aromatic rings. The summed E-state index contributed by atoms with van der Waals surface area (Å²) in [5.41, 5.74) is -0.377. The molecule has 2 unspecified atom stereocenters. The zero-order chi connectivity index (χ0) is 24.1. The van der Waals surface area contributed by atoms with Crippen LogP contribution in [0, 0.1) is 5.82 Å². The van der Waals surface area contributed by atoms with Crippen molar-refractivity contribution in [3.63, 3.8) is 0 Å². The van der Waals surface area contributed by atoms with Crippen molar-refractivity contribution in [3.8, 4) is 5.75 Å². The average molecular weight is 492 g/mol. The number of carbonyl (C=O) groups excluding carboxylic acids is 2. The summed E-state index contributed by atoms with van der Waals surface area (Å²) in [7, 11) is 0. The number of hydrogen-bond donors (Lipinski definition) is 4. The third-order valence-electron chi connectivity index (χ3n) is 6.62. The first-order chi connectivity index (χ1) is 16.4. The molecule has 2 heterocycles. The summed E-state index contributed by atoms with van der Waals surface area (Å²) in [6, 6.07) is 6.96. The highest BCUT2D eigenvalue weighted by atomic mass is 32.1. The molecule has 34 heavy (non-hydrogen) atoms. The number of thiol groups is 1. The van der Waals surface area contributed by atoms with Crippen molar-refractivity contribution in [3.05, 3.63) is 48.2 Å². The fraction of sp³-hybridized carbons (Fsp3) is 0.500. The first kappa shape index (κ1) is 24.4. The van der Waals surface area contributed by atoms with Gasteiger partial charge < -0.3 is 29.8 Å². The maximum Gasteiger partial charge on any atom is 0.287 e. The zero-order valence-electron chi connectivity index (χ0n) is 18.8. The number of halogens is 1. The highest BCUT2D eigenvalue weighted by molar-refractivity contribution is 7.80. The van der Waals surface area contributed by atoms with Gasteiger partial charge in [-0.15, -0.1) is 12.6 Å². The van der Waals surface area contributed by atoms with E-state index in [1.807, 2.05) is 4.90 Å². The lowest BCUT2D eigenvalue weighted by molar-refractivity contribution is -0.130. The Morgan fingerprint density at radius 2 is 2.06 bits per heavy atom. The summed E-state index contributed by atoms with van der Waals surface area (Å²) in [4.78, 5) is 28.0. The molecule has 1 aromatic carbocycles. The summed E-state index contributed by atoms with van der Waals surface area (Å²) < 4.78 is 24.3. The van der Waals surface area contributed by atoms with Gasteiger partial charge in [0.2, 0.25) is 5.91 Å². The number of rotatable bonds is 7. The second-order valence-corrected chi connectivity index (χ2v) is 9.10. The van der Waals surface area contributed by atoms with Crippen LogP contribution in [-0.2, 0) is 4.79 Å². The number of nitrogens with one attached hydrogen (secondary N) is 2. The molecule has 0 spiro atoms. The number of carbonyl (C=O) groups is 2. The molecule has 2 aliphatic rings. The first-order valence-corrected chi connectivity index (χ1v) is 12.2. The van der Waals surface area contributed by atoms with Gasteiger partial charge in [0.15, 0.2) is 5.76 Å². The Hall–Kier alpha value is -2.72. The lowest BCUT2D eigenvalue weighted by atomic mass is 9.80. The monoisotopic (exact) mass is 491 g/mol. The second kappa shape index (κ2) is 10.7. The van der Waals surface area contributed by atoms with Gasteiger partial charge in [-0.05, 0) is 43.5 Å². The van der Waals surface area contributed by atoms with Crippen molar-refractivity contribution in [2.75, 3.05) is 23.9 Å². The van der Waals surface area contributed by atoms with Crippen molar-refractivity contribution in [1.29, 1.82) is 0 Å². The lowest BCUT2D eigenvalue weighted by Crippen LogP contribution is -2.64. The molecule has 3 N–H and O–H groups in total. The molecule has 1 saturated heterocycles. The van der Waals surface area contributed by atoms with E-state index >= 15 is 0 Å². The minimum Gasteiger partial charge on any atom is -0.481 e. The van der Waals surface area contributed by atoms with Crippen molar-refractivity contribution in [2.45, 2.75) is 56.2 Å². The smallest absolute Gasteiger partial charge is 0.287 e. The van der Waals surface area contributed by atoms with Gasteiger partial charge in [-0.2, -0.15) is 0 Å². The Balaban J connectivity index is 1.43. The van der Waals surface area contributed by atoms with Crippen LogP contribution >= 0.6 is 12.6 Å². The SMILES string of the molecule is O=C(NC1(C(=O)NC2CCN(c3ccc(F)cc3OCS)CC2O)CCCCC1)c1ccco1. The fourth-order valence-corrected chi connectivity index (χ4v) is 4.95. The average Bonchev–Trinajstić information content (AvgIpc) is 3.37. The van der Waals surface area contributed by atoms with Crippen molar-refractivity contribution < 1.29 is 28.2 Å². The quantitative estimate of drug-likeness (QED) is 0.351. The number of aliphatic hydroxyl groups is 1. The predicted octanol–water partition coefficient (Wildman–Crippen LogP) is 2.87. The molecule has 1 aliphatic heterocycles. The zero-order valence-corrected chi connectivity index (χ0v) is 19.7. The van der Waals surface area contributed by atoms with Gasteiger partial charge in [0.05, 0.1) is 24.1 Å². The molecule has 1 saturated carbocycles. The topological polar surface area (TPSA) is 104 Å². The molecule has 10 heteroatoms. The van der Waals surface area contributed by atoms with Gasteiger partial charge in [0.1, 0.15) is 23.0 Å². The van der Waals surface area contributed by atoms with Crippen LogP contribution in [0.5, 0.6) is 5.75 Å². The molecule has 0 bridgehead atoms. The molecule has 4 rings (SSSR count). The maximum absolute atomic E-state index is 13.7. The number of anilines is 1. The largest absolute Gasteiger partial charge is 0.481 e. The van der Waals surface area contributed by atoms with E-state index in [4.69, 9.17) is 9.15 Å². The minimum atomic E-state index is -1.04. The second-order valence-electron chi connectivity index (χ2n) is 8.84. The van der Waals surface area contributed by atoms with Crippen LogP contribution in [-0.4, -0.2) is 53.6 Å². The highest BCUT2D eigenvalue weighted by Gasteiger charge is 2.43. The molecule has 2 atom stereocenters. The molecule has 2 amide bonds. The molecule has 1 aromatic heterocycles. The van der Waals surface area contributed by atoms with Gasteiger partial charge >= 0.3 is 0 Å². The van der Waals surface area contributed by atoms with E-state index in [9.17, 15) is 19.1 Å². The summed E-state index contributed by atoms with van der Waals surface area (Å²) in [6.07, 6.45) is 4.75. The molecule has 8 nitrogen and oxygen atoms in total. The Labute approximate surface area is 203 Å². The number of amides is 2. The molecule has 1 aliphatic carbocycles. The third kappa shape index (κ3) is 5.33. The molecule has 0 radical (unpaired) electrons. The van der Waals surface area contributed by atoms with E-state index in [2.05, 4.69) is 23.3 Å². The Morgan fingerprint density at radius 3 is 2.74 bits per heavy atom. The normalized spacial score (nSPS) is 22.1. The van der Waals surface area contributed by atoms with Crippen LogP contribution in [0.2, 0.25) is 0 Å². The lowest BCUT2D eigenvalue weighted by Gasteiger charge is -2.41. The van der Waals surface area contributed by atoms with Crippen LogP contribution in [0.3, 0.4) is 0 Å². The van der Waals surface area contributed by atoms with Crippen molar-refractivity contribution >= 4 is 30.1 Å². The van der Waals surface area contributed by atoms with E-state index in [0.717, 1.165) is 19.3 Å². The van der Waals surface area contributed by atoms with E-state index in [1.165, 1.54) is 18.4 Å². The first-order valence-electron chi connectivity index (χ1n) is 11.5. The highest BCUT2D eigenvalue weighted by Crippen LogP contribution is 2.33. The van der Waals surface area contributed by atoms with Gasteiger partial charge in [-0.3, -0.25) is 9.59 Å². The number of piperidine rings is 1. The van der Waals surface area contributed by atoms with Gasteiger partial charge in [0, 0.05) is 19.2 Å². The Kier molecular flexibility index (Phi) is 7.67. The summed E-state index contributed by atoms with van der Waals surface area (Å²) in [5.74, 6) is -0.526. The van der Waals surface area contributed by atoms with Gasteiger partial charge in [-0.25, -0.2) is 4.39 Å². The van der Waals surface area contributed by atoms with Crippen LogP contribution in [0.15, 0.2) is 41.0 Å². The number of β-amino-alcohol motifs (C(OH)–C–C–N with tert-alkyl or cyclic N) is 1. The Morgan fingerprint density at radius 1 is 1.26 bits per heavy atom. The van der Waals surface area contributed by atoms with Crippen LogP contribution in [0.4, 0.5) is 10.1 Å². The van der Waals surface area contributed by atoms with E-state index in [-0.39, 0.29) is 24.2 Å². The van der Waals surface area contributed by atoms with E-state index in [1.54, 1.807) is 18.2 Å². The number of furan rings is 1.